The zero-order valence-corrected chi connectivity index (χ0v) is 19.2. The summed E-state index contributed by atoms with van der Waals surface area (Å²) in [6.07, 6.45) is 4.00. The number of amides is 2. The minimum atomic E-state index is -0.921. The minimum Gasteiger partial charge on any atom is -0.349 e. The van der Waals surface area contributed by atoms with Gasteiger partial charge in [-0.05, 0) is 63.3 Å². The van der Waals surface area contributed by atoms with Crippen molar-refractivity contribution in [1.29, 1.82) is 0 Å². The molecule has 8 heteroatoms. The lowest BCUT2D eigenvalue weighted by molar-refractivity contribution is -0.124. The number of nitrogens with zero attached hydrogens (tertiary/aromatic N) is 4. The Labute approximate surface area is 186 Å². The first kappa shape index (κ1) is 22.6. The van der Waals surface area contributed by atoms with Gasteiger partial charge in [-0.15, -0.1) is 5.10 Å². The second-order valence-corrected chi connectivity index (χ2v) is 8.78. The van der Waals surface area contributed by atoms with Gasteiger partial charge in [0.25, 0.3) is 5.91 Å². The lowest BCUT2D eigenvalue weighted by Crippen LogP contribution is -2.50. The number of hydrogen-bond acceptors (Lipinski definition) is 6. The van der Waals surface area contributed by atoms with Gasteiger partial charge in [0.1, 0.15) is 6.04 Å². The first-order valence-corrected chi connectivity index (χ1v) is 11.0. The highest BCUT2D eigenvalue weighted by molar-refractivity contribution is 7.03. The third-order valence-electron chi connectivity index (χ3n) is 5.26. The van der Waals surface area contributed by atoms with E-state index in [1.165, 1.54) is 4.90 Å². The van der Waals surface area contributed by atoms with Crippen LogP contribution in [0.1, 0.15) is 60.4 Å². The molecule has 0 aliphatic rings. The van der Waals surface area contributed by atoms with Crippen molar-refractivity contribution in [2.75, 3.05) is 4.90 Å². The molecule has 0 spiro atoms. The van der Waals surface area contributed by atoms with E-state index in [1.807, 2.05) is 52.8 Å². The van der Waals surface area contributed by atoms with Crippen LogP contribution in [0.2, 0.25) is 0 Å². The van der Waals surface area contributed by atoms with E-state index < -0.39 is 11.6 Å². The molecule has 2 aromatic heterocycles. The van der Waals surface area contributed by atoms with Gasteiger partial charge in [-0.3, -0.25) is 19.5 Å². The molecule has 1 atom stereocenters. The van der Waals surface area contributed by atoms with E-state index in [9.17, 15) is 9.59 Å². The summed E-state index contributed by atoms with van der Waals surface area (Å²) in [6.45, 7) is 9.84. The topological polar surface area (TPSA) is 88.1 Å². The van der Waals surface area contributed by atoms with Crippen LogP contribution in [0, 0.1) is 13.8 Å². The highest BCUT2D eigenvalue weighted by atomic mass is 32.1. The van der Waals surface area contributed by atoms with Crippen molar-refractivity contribution < 1.29 is 9.59 Å². The Morgan fingerprint density at radius 3 is 2.58 bits per heavy atom. The van der Waals surface area contributed by atoms with Gasteiger partial charge in [-0.1, -0.05) is 35.2 Å². The number of benzene rings is 1. The van der Waals surface area contributed by atoms with Crippen LogP contribution < -0.4 is 10.2 Å². The summed E-state index contributed by atoms with van der Waals surface area (Å²) in [6, 6.07) is 8.42. The maximum Gasteiger partial charge on any atom is 0.280 e. The van der Waals surface area contributed by atoms with E-state index in [0.717, 1.165) is 29.1 Å². The van der Waals surface area contributed by atoms with Crippen LogP contribution >= 0.6 is 11.5 Å². The van der Waals surface area contributed by atoms with Gasteiger partial charge in [-0.25, -0.2) is 0 Å². The first-order valence-electron chi connectivity index (χ1n) is 10.1. The number of aromatic nitrogens is 3. The second-order valence-electron chi connectivity index (χ2n) is 8.17. The van der Waals surface area contributed by atoms with E-state index in [-0.39, 0.29) is 17.5 Å². The molecular weight excluding hydrogens is 410 g/mol. The standard InChI is InChI=1S/C23H27N5O2S/c1-6-23(4,5)25-21(29)20(17-8-7-11-24-13-17)28(22(30)18-14-31-27-26-18)19-10-9-15(2)12-16(19)3/h7-14,20H,6H2,1-5H3,(H,25,29)/t20-/m1/s1. The van der Waals surface area contributed by atoms with Gasteiger partial charge in [0.05, 0.1) is 0 Å². The smallest absolute Gasteiger partial charge is 0.280 e. The zero-order valence-electron chi connectivity index (χ0n) is 18.4. The lowest BCUT2D eigenvalue weighted by atomic mass is 9.98. The third kappa shape index (κ3) is 5.14. The first-order chi connectivity index (χ1) is 14.7. The van der Waals surface area contributed by atoms with E-state index in [2.05, 4.69) is 19.9 Å². The lowest BCUT2D eigenvalue weighted by Gasteiger charge is -2.34. The number of aryl methyl sites for hydroxylation is 2. The summed E-state index contributed by atoms with van der Waals surface area (Å²) in [4.78, 5) is 32.9. The molecule has 0 aliphatic heterocycles. The van der Waals surface area contributed by atoms with Gasteiger partial charge in [0.2, 0.25) is 5.91 Å². The van der Waals surface area contributed by atoms with Crippen LogP contribution in [-0.2, 0) is 4.79 Å². The molecule has 1 aromatic carbocycles. The minimum absolute atomic E-state index is 0.196. The quantitative estimate of drug-likeness (QED) is 0.597. The molecular formula is C23H27N5O2S. The van der Waals surface area contributed by atoms with E-state index in [4.69, 9.17) is 0 Å². The second kappa shape index (κ2) is 9.34. The van der Waals surface area contributed by atoms with Crippen molar-refractivity contribution in [2.24, 2.45) is 0 Å². The number of hydrogen-bond donors (Lipinski definition) is 1. The van der Waals surface area contributed by atoms with Crippen LogP contribution in [0.4, 0.5) is 5.69 Å². The van der Waals surface area contributed by atoms with Gasteiger partial charge < -0.3 is 5.32 Å². The molecule has 3 rings (SSSR count). The normalized spacial score (nSPS) is 12.3. The number of pyridine rings is 1. The molecule has 2 amide bonds. The average molecular weight is 438 g/mol. The average Bonchev–Trinajstić information content (AvgIpc) is 3.27. The van der Waals surface area contributed by atoms with Gasteiger partial charge in [0.15, 0.2) is 5.69 Å². The summed E-state index contributed by atoms with van der Waals surface area (Å²) >= 11 is 1.10. The Morgan fingerprint density at radius 2 is 2.00 bits per heavy atom. The predicted octanol–water partition coefficient (Wildman–Crippen LogP) is 4.24. The fourth-order valence-corrected chi connectivity index (χ4v) is 3.70. The van der Waals surface area contributed by atoms with Crippen LogP contribution in [0.3, 0.4) is 0 Å². The highest BCUT2D eigenvalue weighted by Crippen LogP contribution is 2.32. The van der Waals surface area contributed by atoms with Crippen LogP contribution in [-0.4, -0.2) is 31.9 Å². The van der Waals surface area contributed by atoms with E-state index in [1.54, 1.807) is 29.9 Å². The Morgan fingerprint density at radius 1 is 1.23 bits per heavy atom. The van der Waals surface area contributed by atoms with Crippen molar-refractivity contribution in [1.82, 2.24) is 19.9 Å². The highest BCUT2D eigenvalue weighted by Gasteiger charge is 2.37. The SMILES string of the molecule is CCC(C)(C)NC(=O)[C@@H](c1cccnc1)N(C(=O)c1csnn1)c1ccc(C)cc1C. The van der Waals surface area contributed by atoms with Gasteiger partial charge in [0, 0.05) is 34.6 Å². The molecule has 0 aliphatic carbocycles. The maximum absolute atomic E-state index is 13.6. The molecule has 0 saturated carbocycles. The van der Waals surface area contributed by atoms with Crippen molar-refractivity contribution in [3.05, 3.63) is 70.5 Å². The molecule has 0 radical (unpaired) electrons. The summed E-state index contributed by atoms with van der Waals surface area (Å²) in [5.41, 5.74) is 2.97. The Bertz CT molecular complexity index is 1050. The molecule has 7 nitrogen and oxygen atoms in total. The van der Waals surface area contributed by atoms with Crippen LogP contribution in [0.5, 0.6) is 0 Å². The Hall–Kier alpha value is -3.13. The molecule has 162 valence electrons. The van der Waals surface area contributed by atoms with Crippen molar-refractivity contribution >= 4 is 29.0 Å². The van der Waals surface area contributed by atoms with Crippen LogP contribution in [0.15, 0.2) is 48.1 Å². The molecule has 0 bridgehead atoms. The zero-order chi connectivity index (χ0) is 22.6. The molecule has 2 heterocycles. The van der Waals surface area contributed by atoms with Crippen molar-refractivity contribution in [2.45, 2.75) is 52.6 Å². The Balaban J connectivity index is 2.19. The summed E-state index contributed by atoms with van der Waals surface area (Å²) in [5.74, 6) is -0.671. The fourth-order valence-electron chi connectivity index (χ4n) is 3.27. The van der Waals surface area contributed by atoms with E-state index >= 15 is 0 Å². The number of anilines is 1. The molecule has 31 heavy (non-hydrogen) atoms. The fraction of sp³-hybridized carbons (Fsp3) is 0.348. The largest absolute Gasteiger partial charge is 0.349 e. The summed E-state index contributed by atoms with van der Waals surface area (Å²) in [7, 11) is 0. The monoisotopic (exact) mass is 437 g/mol. The maximum atomic E-state index is 13.6. The number of carbonyl (C=O) groups is 2. The molecule has 0 saturated heterocycles. The van der Waals surface area contributed by atoms with Crippen molar-refractivity contribution in [3.8, 4) is 0 Å². The molecule has 3 aromatic rings. The molecule has 0 fully saturated rings. The summed E-state index contributed by atoms with van der Waals surface area (Å²) in [5, 5.41) is 8.65. The Kier molecular flexibility index (Phi) is 6.80. The van der Waals surface area contributed by atoms with Crippen molar-refractivity contribution in [3.63, 3.8) is 0 Å². The number of nitrogens with one attached hydrogen (secondary N) is 1. The number of carbonyl (C=O) groups excluding carboxylic acids is 2. The number of rotatable bonds is 7. The molecule has 0 unspecified atom stereocenters. The van der Waals surface area contributed by atoms with Crippen LogP contribution in [0.25, 0.3) is 0 Å². The van der Waals surface area contributed by atoms with Gasteiger partial charge in [-0.2, -0.15) is 0 Å². The molecule has 1 N–H and O–H groups in total. The third-order valence-corrected chi connectivity index (χ3v) is 5.77. The van der Waals surface area contributed by atoms with E-state index in [0.29, 0.717) is 11.3 Å². The predicted molar refractivity (Wildman–Crippen MR) is 122 cm³/mol. The summed E-state index contributed by atoms with van der Waals surface area (Å²) < 4.78 is 3.84. The van der Waals surface area contributed by atoms with Gasteiger partial charge >= 0.3 is 0 Å².